The van der Waals surface area contributed by atoms with Crippen molar-refractivity contribution in [2.75, 3.05) is 7.11 Å². The Bertz CT molecular complexity index is 1030. The molecule has 1 N–H and O–H groups in total. The molecular formula is C31H52ClNO5Si. The summed E-state index contributed by atoms with van der Waals surface area (Å²) in [4.78, 5) is 17.4. The third kappa shape index (κ3) is 8.01. The number of Topliss-reactive ketones (excluding diaryl/α,β-unsaturated/α-hetero) is 1. The standard InChI is InChI=1S/C31H52ClNO5Si/c1-18(17-20(3)28(34)30(5,6)7)16-19(2)25(36-11)21(4)26-27(38-39(12,13)31(8,9)10)24-23(29(35)37-26)22(32)14-15-33-24/h14-16,18,20-21,25-27,29,35H,17H2,1-13H3/b19-16+/t18-,20-,21+,25+,26-,27+,29?/m0/s1. The van der Waals surface area contributed by atoms with E-state index in [0.717, 1.165) is 12.0 Å². The molecule has 0 saturated carbocycles. The number of ketones is 1. The quantitative estimate of drug-likeness (QED) is 0.222. The van der Waals surface area contributed by atoms with Gasteiger partial charge in [-0.15, -0.1) is 0 Å². The Kier molecular flexibility index (Phi) is 11.2. The minimum absolute atomic E-state index is 0.0333. The smallest absolute Gasteiger partial charge is 0.193 e. The van der Waals surface area contributed by atoms with E-state index in [9.17, 15) is 9.90 Å². The molecule has 1 aliphatic heterocycles. The summed E-state index contributed by atoms with van der Waals surface area (Å²) < 4.78 is 19.3. The number of aliphatic hydroxyl groups excluding tert-OH is 1. The number of hydrogen-bond acceptors (Lipinski definition) is 6. The first kappa shape index (κ1) is 34.1. The Labute approximate surface area is 243 Å². The van der Waals surface area contributed by atoms with Crippen molar-refractivity contribution in [2.45, 2.75) is 118 Å². The Balaban J connectivity index is 2.42. The molecule has 1 aromatic heterocycles. The highest BCUT2D eigenvalue weighted by atomic mass is 35.5. The van der Waals surface area contributed by atoms with E-state index in [1.54, 1.807) is 19.4 Å². The van der Waals surface area contributed by atoms with Crippen LogP contribution in [0.15, 0.2) is 23.9 Å². The molecule has 1 unspecified atom stereocenters. The van der Waals surface area contributed by atoms with Gasteiger partial charge >= 0.3 is 0 Å². The van der Waals surface area contributed by atoms with Gasteiger partial charge in [-0.1, -0.05) is 80.0 Å². The second-order valence-corrected chi connectivity index (χ2v) is 19.2. The van der Waals surface area contributed by atoms with E-state index >= 15 is 0 Å². The topological polar surface area (TPSA) is 77.9 Å². The lowest BCUT2D eigenvalue weighted by Crippen LogP contribution is -2.49. The first-order chi connectivity index (χ1) is 17.7. The van der Waals surface area contributed by atoms with Crippen molar-refractivity contribution < 1.29 is 23.8 Å². The number of fused-ring (bicyclic) bond motifs is 1. The highest BCUT2D eigenvalue weighted by Gasteiger charge is 2.48. The lowest BCUT2D eigenvalue weighted by atomic mass is 9.79. The molecule has 0 bridgehead atoms. The van der Waals surface area contributed by atoms with Gasteiger partial charge in [0.15, 0.2) is 14.6 Å². The Morgan fingerprint density at radius 3 is 2.31 bits per heavy atom. The molecule has 2 heterocycles. The number of allylic oxidation sites excluding steroid dienone is 1. The lowest BCUT2D eigenvalue weighted by molar-refractivity contribution is -0.206. The number of carbonyl (C=O) groups excluding carboxylic acids is 1. The van der Waals surface area contributed by atoms with Crippen LogP contribution in [0.2, 0.25) is 23.2 Å². The summed E-state index contributed by atoms with van der Waals surface area (Å²) in [6, 6.07) is 1.66. The maximum Gasteiger partial charge on any atom is 0.193 e. The molecular weight excluding hydrogens is 530 g/mol. The second kappa shape index (κ2) is 12.8. The summed E-state index contributed by atoms with van der Waals surface area (Å²) in [5, 5.41) is 11.4. The third-order valence-corrected chi connectivity index (χ3v) is 13.2. The highest BCUT2D eigenvalue weighted by Crippen LogP contribution is 2.48. The molecule has 0 spiro atoms. The van der Waals surface area contributed by atoms with Gasteiger partial charge < -0.3 is 19.0 Å². The fourth-order valence-corrected chi connectivity index (χ4v) is 6.88. The molecule has 8 heteroatoms. The number of nitrogens with zero attached hydrogens (tertiary/aromatic N) is 1. The summed E-state index contributed by atoms with van der Waals surface area (Å²) in [5.74, 6) is 0.256. The molecule has 2 rings (SSSR count). The summed E-state index contributed by atoms with van der Waals surface area (Å²) >= 11 is 6.50. The molecule has 0 aliphatic carbocycles. The average molecular weight is 582 g/mol. The average Bonchev–Trinajstić information content (AvgIpc) is 2.78. The van der Waals surface area contributed by atoms with Gasteiger partial charge in [0, 0.05) is 30.6 Å². The van der Waals surface area contributed by atoms with E-state index in [1.165, 1.54) is 0 Å². The number of halogens is 1. The van der Waals surface area contributed by atoms with E-state index in [4.69, 9.17) is 25.5 Å². The predicted molar refractivity (Wildman–Crippen MR) is 161 cm³/mol. The van der Waals surface area contributed by atoms with Crippen LogP contribution < -0.4 is 0 Å². The van der Waals surface area contributed by atoms with Crippen LogP contribution in [0, 0.1) is 23.2 Å². The van der Waals surface area contributed by atoms with E-state index in [2.05, 4.69) is 65.7 Å². The zero-order chi connectivity index (χ0) is 30.1. The lowest BCUT2D eigenvalue weighted by Gasteiger charge is -2.46. The van der Waals surface area contributed by atoms with Crippen molar-refractivity contribution in [3.05, 3.63) is 40.2 Å². The fraction of sp³-hybridized carbons (Fsp3) is 0.742. The van der Waals surface area contributed by atoms with Gasteiger partial charge in [-0.25, -0.2) is 0 Å². The minimum Gasteiger partial charge on any atom is -0.406 e. The van der Waals surface area contributed by atoms with Gasteiger partial charge in [0.1, 0.15) is 11.9 Å². The number of hydrogen-bond donors (Lipinski definition) is 1. The monoisotopic (exact) mass is 581 g/mol. The van der Waals surface area contributed by atoms with E-state index in [0.29, 0.717) is 16.3 Å². The van der Waals surface area contributed by atoms with Crippen LogP contribution in [0.3, 0.4) is 0 Å². The fourth-order valence-electron chi connectivity index (χ4n) is 5.40. The molecule has 39 heavy (non-hydrogen) atoms. The maximum atomic E-state index is 12.8. The number of methoxy groups -OCH3 is 1. The van der Waals surface area contributed by atoms with Crippen LogP contribution in [0.5, 0.6) is 0 Å². The number of ether oxygens (including phenoxy) is 2. The molecule has 0 fully saturated rings. The van der Waals surface area contributed by atoms with E-state index in [1.807, 2.05) is 27.7 Å². The second-order valence-electron chi connectivity index (χ2n) is 14.0. The van der Waals surface area contributed by atoms with Crippen molar-refractivity contribution in [3.8, 4) is 0 Å². The molecule has 0 aromatic carbocycles. The van der Waals surface area contributed by atoms with Gasteiger partial charge in [0.2, 0.25) is 0 Å². The number of carbonyl (C=O) groups is 1. The molecule has 6 nitrogen and oxygen atoms in total. The van der Waals surface area contributed by atoms with Crippen molar-refractivity contribution in [1.82, 2.24) is 4.98 Å². The van der Waals surface area contributed by atoms with Gasteiger partial charge in [0.05, 0.1) is 28.5 Å². The minimum atomic E-state index is -2.26. The Morgan fingerprint density at radius 2 is 1.79 bits per heavy atom. The third-order valence-electron chi connectivity index (χ3n) is 8.45. The van der Waals surface area contributed by atoms with Crippen LogP contribution in [0.1, 0.15) is 99.3 Å². The Hall–Kier alpha value is -1.09. The molecule has 0 saturated heterocycles. The predicted octanol–water partition coefficient (Wildman–Crippen LogP) is 8.06. The SMILES string of the molecule is CO[C@H](/C(C)=C/[C@H](C)C[C@H](C)C(=O)C(C)(C)C)[C@@H](C)[C@@H]1OC(O)c2c(Cl)ccnc2[C@H]1O[Si](C)(C)C(C)(C)C. The zero-order valence-electron chi connectivity index (χ0n) is 26.4. The number of aliphatic hydroxyl groups is 1. The van der Waals surface area contributed by atoms with Crippen LogP contribution >= 0.6 is 11.6 Å². The van der Waals surface area contributed by atoms with Crippen LogP contribution in [0.25, 0.3) is 0 Å². The van der Waals surface area contributed by atoms with Gasteiger partial charge in [-0.05, 0) is 49.0 Å². The maximum absolute atomic E-state index is 12.8. The van der Waals surface area contributed by atoms with E-state index in [-0.39, 0.29) is 40.1 Å². The largest absolute Gasteiger partial charge is 0.406 e. The van der Waals surface area contributed by atoms with Crippen molar-refractivity contribution in [1.29, 1.82) is 0 Å². The van der Waals surface area contributed by atoms with E-state index < -0.39 is 26.8 Å². The van der Waals surface area contributed by atoms with Crippen LogP contribution in [-0.4, -0.2) is 43.5 Å². The Morgan fingerprint density at radius 1 is 1.21 bits per heavy atom. The first-order valence-electron chi connectivity index (χ1n) is 14.1. The molecule has 222 valence electrons. The zero-order valence-corrected chi connectivity index (χ0v) is 28.1. The summed E-state index contributed by atoms with van der Waals surface area (Å²) in [5.41, 5.74) is 1.80. The molecule has 1 aromatic rings. The normalized spacial score (nSPS) is 24.1. The molecule has 0 amide bonds. The van der Waals surface area contributed by atoms with Gasteiger partial charge in [-0.3, -0.25) is 9.78 Å². The summed E-state index contributed by atoms with van der Waals surface area (Å²) in [7, 11) is -0.568. The van der Waals surface area contributed by atoms with Gasteiger partial charge in [-0.2, -0.15) is 0 Å². The first-order valence-corrected chi connectivity index (χ1v) is 17.4. The highest BCUT2D eigenvalue weighted by molar-refractivity contribution is 6.74. The van der Waals surface area contributed by atoms with Crippen molar-refractivity contribution in [3.63, 3.8) is 0 Å². The summed E-state index contributed by atoms with van der Waals surface area (Å²) in [6.45, 7) is 25.2. The number of aromatic nitrogens is 1. The molecule has 1 aliphatic rings. The molecule has 7 atom stereocenters. The number of pyridine rings is 1. The number of rotatable bonds is 10. The summed E-state index contributed by atoms with van der Waals surface area (Å²) in [6.07, 6.45) is 2.10. The van der Waals surface area contributed by atoms with Crippen molar-refractivity contribution >= 4 is 25.7 Å². The van der Waals surface area contributed by atoms with Crippen LogP contribution in [0.4, 0.5) is 0 Å². The van der Waals surface area contributed by atoms with Crippen LogP contribution in [-0.2, 0) is 18.7 Å². The van der Waals surface area contributed by atoms with Crippen molar-refractivity contribution in [2.24, 2.45) is 23.2 Å². The molecule has 0 radical (unpaired) electrons. The van der Waals surface area contributed by atoms with Gasteiger partial charge in [0.25, 0.3) is 0 Å².